The Bertz CT molecular complexity index is 650. The SMILES string of the molecule is O=C(COC(=O)/C=C/c1cccs1)NC(=O)NCCC1=CCCCC1. The molecule has 25 heavy (non-hydrogen) atoms. The summed E-state index contributed by atoms with van der Waals surface area (Å²) in [5.74, 6) is -1.29. The zero-order chi connectivity index (χ0) is 17.9. The van der Waals surface area contributed by atoms with Crippen molar-refractivity contribution in [3.8, 4) is 0 Å². The van der Waals surface area contributed by atoms with Crippen LogP contribution in [0.15, 0.2) is 35.2 Å². The second kappa shape index (κ2) is 10.5. The van der Waals surface area contributed by atoms with Gasteiger partial charge in [-0.3, -0.25) is 10.1 Å². The number of carbonyl (C=O) groups excluding carboxylic acids is 3. The molecule has 1 aliphatic rings. The number of thiophene rings is 1. The van der Waals surface area contributed by atoms with Gasteiger partial charge in [-0.2, -0.15) is 0 Å². The number of ether oxygens (including phenoxy) is 1. The van der Waals surface area contributed by atoms with Crippen LogP contribution in [0.3, 0.4) is 0 Å². The zero-order valence-corrected chi connectivity index (χ0v) is 14.8. The average molecular weight is 362 g/mol. The van der Waals surface area contributed by atoms with E-state index in [1.807, 2.05) is 17.5 Å². The normalized spacial score (nSPS) is 14.0. The van der Waals surface area contributed by atoms with Gasteiger partial charge < -0.3 is 10.1 Å². The summed E-state index contributed by atoms with van der Waals surface area (Å²) in [5.41, 5.74) is 1.35. The van der Waals surface area contributed by atoms with Crippen LogP contribution in [0.4, 0.5) is 4.79 Å². The lowest BCUT2D eigenvalue weighted by Gasteiger charge is -2.13. The number of carbonyl (C=O) groups is 3. The Morgan fingerprint density at radius 2 is 2.16 bits per heavy atom. The maximum Gasteiger partial charge on any atom is 0.331 e. The van der Waals surface area contributed by atoms with E-state index in [4.69, 9.17) is 4.74 Å². The average Bonchev–Trinajstić information content (AvgIpc) is 3.12. The van der Waals surface area contributed by atoms with E-state index in [1.165, 1.54) is 35.8 Å². The molecule has 0 bridgehead atoms. The topological polar surface area (TPSA) is 84.5 Å². The van der Waals surface area contributed by atoms with Gasteiger partial charge in [0.15, 0.2) is 6.61 Å². The highest BCUT2D eigenvalue weighted by atomic mass is 32.1. The molecular weight excluding hydrogens is 340 g/mol. The standard InChI is InChI=1S/C18H22N2O4S/c21-16(13-24-17(22)9-8-15-7-4-12-25-15)20-18(23)19-11-10-14-5-2-1-3-6-14/h4-5,7-9,12H,1-3,6,10-11,13H2,(H2,19,20,21,23)/b9-8+. The molecule has 1 aromatic heterocycles. The molecule has 0 radical (unpaired) electrons. The molecule has 2 N–H and O–H groups in total. The predicted molar refractivity (Wildman–Crippen MR) is 97.0 cm³/mol. The Morgan fingerprint density at radius 1 is 1.28 bits per heavy atom. The van der Waals surface area contributed by atoms with Crippen LogP contribution in [0.5, 0.6) is 0 Å². The van der Waals surface area contributed by atoms with Gasteiger partial charge in [0.25, 0.3) is 5.91 Å². The Kier molecular flexibility index (Phi) is 7.91. The molecule has 1 aliphatic carbocycles. The van der Waals surface area contributed by atoms with E-state index in [2.05, 4.69) is 16.7 Å². The molecule has 0 aromatic carbocycles. The molecule has 0 saturated heterocycles. The lowest BCUT2D eigenvalue weighted by molar-refractivity contribution is -0.143. The van der Waals surface area contributed by atoms with Gasteiger partial charge in [-0.1, -0.05) is 17.7 Å². The van der Waals surface area contributed by atoms with Crippen molar-refractivity contribution >= 4 is 35.3 Å². The Balaban J connectivity index is 1.58. The van der Waals surface area contributed by atoms with Gasteiger partial charge in [0, 0.05) is 17.5 Å². The van der Waals surface area contributed by atoms with Crippen molar-refractivity contribution in [3.05, 3.63) is 40.1 Å². The van der Waals surface area contributed by atoms with Crippen LogP contribution in [0.25, 0.3) is 6.08 Å². The minimum atomic E-state index is -0.660. The second-order valence-electron chi connectivity index (χ2n) is 5.62. The van der Waals surface area contributed by atoms with Crippen LogP contribution in [0, 0.1) is 0 Å². The summed E-state index contributed by atoms with van der Waals surface area (Å²) in [6.07, 6.45) is 10.5. The molecule has 0 saturated carbocycles. The van der Waals surface area contributed by atoms with Crippen molar-refractivity contribution < 1.29 is 19.1 Å². The maximum absolute atomic E-state index is 11.6. The van der Waals surface area contributed by atoms with Crippen LogP contribution in [0.1, 0.15) is 37.0 Å². The van der Waals surface area contributed by atoms with Gasteiger partial charge in [0.2, 0.25) is 0 Å². The molecule has 0 atom stereocenters. The van der Waals surface area contributed by atoms with E-state index in [0.29, 0.717) is 6.54 Å². The molecule has 134 valence electrons. The fourth-order valence-electron chi connectivity index (χ4n) is 2.40. The van der Waals surface area contributed by atoms with E-state index in [0.717, 1.165) is 24.1 Å². The van der Waals surface area contributed by atoms with Gasteiger partial charge in [-0.15, -0.1) is 11.3 Å². The summed E-state index contributed by atoms with van der Waals surface area (Å²) in [5, 5.41) is 6.65. The van der Waals surface area contributed by atoms with Crippen LogP contribution >= 0.6 is 11.3 Å². The Labute approximate surface area is 150 Å². The maximum atomic E-state index is 11.6. The minimum absolute atomic E-state index is 0.480. The fourth-order valence-corrected chi connectivity index (χ4v) is 3.01. The lowest BCUT2D eigenvalue weighted by Crippen LogP contribution is -2.41. The molecule has 0 spiro atoms. The van der Waals surface area contributed by atoms with Gasteiger partial charge in [0.1, 0.15) is 0 Å². The van der Waals surface area contributed by atoms with E-state index in [1.54, 1.807) is 6.08 Å². The first-order chi connectivity index (χ1) is 12.1. The van der Waals surface area contributed by atoms with Crippen LogP contribution in [0.2, 0.25) is 0 Å². The predicted octanol–water partition coefficient (Wildman–Crippen LogP) is 3.02. The van der Waals surface area contributed by atoms with Gasteiger partial charge in [-0.05, 0) is 49.6 Å². The quantitative estimate of drug-likeness (QED) is 0.444. The molecule has 1 heterocycles. The van der Waals surface area contributed by atoms with Gasteiger partial charge >= 0.3 is 12.0 Å². The number of amides is 3. The molecule has 0 fully saturated rings. The largest absolute Gasteiger partial charge is 0.452 e. The van der Waals surface area contributed by atoms with Gasteiger partial charge in [0.05, 0.1) is 0 Å². The second-order valence-corrected chi connectivity index (χ2v) is 6.60. The van der Waals surface area contributed by atoms with Crippen LogP contribution in [-0.2, 0) is 14.3 Å². The number of hydrogen-bond acceptors (Lipinski definition) is 5. The molecule has 6 nitrogen and oxygen atoms in total. The summed E-state index contributed by atoms with van der Waals surface area (Å²) < 4.78 is 4.78. The summed E-state index contributed by atoms with van der Waals surface area (Å²) in [6, 6.07) is 3.15. The van der Waals surface area contributed by atoms with Crippen LogP contribution in [-0.4, -0.2) is 31.1 Å². The molecule has 0 aliphatic heterocycles. The molecule has 1 aromatic rings. The molecule has 0 unspecified atom stereocenters. The van der Waals surface area contributed by atoms with E-state index >= 15 is 0 Å². The van der Waals surface area contributed by atoms with Crippen molar-refractivity contribution in [1.29, 1.82) is 0 Å². The van der Waals surface area contributed by atoms with Crippen molar-refractivity contribution in [2.75, 3.05) is 13.2 Å². The Morgan fingerprint density at radius 3 is 2.88 bits per heavy atom. The monoisotopic (exact) mass is 362 g/mol. The molecule has 2 rings (SSSR count). The van der Waals surface area contributed by atoms with Gasteiger partial charge in [-0.25, -0.2) is 9.59 Å². The van der Waals surface area contributed by atoms with Crippen molar-refractivity contribution in [3.63, 3.8) is 0 Å². The molecule has 3 amide bonds. The van der Waals surface area contributed by atoms with E-state index in [-0.39, 0.29) is 0 Å². The number of imide groups is 1. The first-order valence-corrected chi connectivity index (χ1v) is 9.15. The first-order valence-electron chi connectivity index (χ1n) is 8.27. The van der Waals surface area contributed by atoms with E-state index in [9.17, 15) is 14.4 Å². The molecular formula is C18H22N2O4S. The number of allylic oxidation sites excluding steroid dienone is 1. The summed E-state index contributed by atoms with van der Waals surface area (Å²) in [7, 11) is 0. The smallest absolute Gasteiger partial charge is 0.331 e. The summed E-state index contributed by atoms with van der Waals surface area (Å²) in [4.78, 5) is 35.6. The number of urea groups is 1. The third-order valence-corrected chi connectivity index (χ3v) is 4.48. The number of hydrogen-bond donors (Lipinski definition) is 2. The minimum Gasteiger partial charge on any atom is -0.452 e. The highest BCUT2D eigenvalue weighted by molar-refractivity contribution is 7.10. The third-order valence-electron chi connectivity index (χ3n) is 3.64. The number of rotatable bonds is 7. The third kappa shape index (κ3) is 7.80. The fraction of sp³-hybridized carbons (Fsp3) is 0.389. The summed E-state index contributed by atoms with van der Waals surface area (Å²) in [6.45, 7) is -0.0134. The summed E-state index contributed by atoms with van der Waals surface area (Å²) >= 11 is 1.48. The van der Waals surface area contributed by atoms with Crippen molar-refractivity contribution in [1.82, 2.24) is 10.6 Å². The molecule has 7 heteroatoms. The van der Waals surface area contributed by atoms with Crippen molar-refractivity contribution in [2.45, 2.75) is 32.1 Å². The van der Waals surface area contributed by atoms with Crippen molar-refractivity contribution in [2.24, 2.45) is 0 Å². The lowest BCUT2D eigenvalue weighted by atomic mass is 9.97. The first kappa shape index (κ1) is 18.9. The highest BCUT2D eigenvalue weighted by Crippen LogP contribution is 2.19. The number of esters is 1. The number of nitrogens with one attached hydrogen (secondary N) is 2. The highest BCUT2D eigenvalue weighted by Gasteiger charge is 2.10. The van der Waals surface area contributed by atoms with Crippen LogP contribution < -0.4 is 10.6 Å². The Hall–Kier alpha value is -2.41. The zero-order valence-electron chi connectivity index (χ0n) is 14.0. The van der Waals surface area contributed by atoms with E-state index < -0.39 is 24.5 Å².